The molecule has 3 heterocycles. The lowest BCUT2D eigenvalue weighted by molar-refractivity contribution is -0.149. The largest absolute Gasteiger partial charge is 0.466 e. The lowest BCUT2D eigenvalue weighted by atomic mass is 9.98. The van der Waals surface area contributed by atoms with E-state index in [1.165, 1.54) is 23.1 Å². The highest BCUT2D eigenvalue weighted by atomic mass is 35.5. The number of likely N-dealkylation sites (tertiary alicyclic amines) is 1. The van der Waals surface area contributed by atoms with Gasteiger partial charge in [-0.05, 0) is 43.5 Å². The van der Waals surface area contributed by atoms with E-state index in [1.54, 1.807) is 29.3 Å². The molecule has 1 aliphatic heterocycles. The van der Waals surface area contributed by atoms with Gasteiger partial charge in [0.15, 0.2) is 5.16 Å². The number of halogens is 2. The van der Waals surface area contributed by atoms with E-state index in [2.05, 4.69) is 15.2 Å². The Hall–Kier alpha value is -2.92. The van der Waals surface area contributed by atoms with Crippen LogP contribution in [-0.4, -0.2) is 56.2 Å². The van der Waals surface area contributed by atoms with Crippen molar-refractivity contribution in [2.75, 3.05) is 19.7 Å². The van der Waals surface area contributed by atoms with Gasteiger partial charge >= 0.3 is 5.97 Å². The van der Waals surface area contributed by atoms with Crippen molar-refractivity contribution in [2.24, 2.45) is 5.92 Å². The van der Waals surface area contributed by atoms with Crippen molar-refractivity contribution < 1.29 is 14.3 Å². The molecule has 1 unspecified atom stereocenters. The molecule has 5 rings (SSSR count). The summed E-state index contributed by atoms with van der Waals surface area (Å²) < 4.78 is 7.14. The summed E-state index contributed by atoms with van der Waals surface area (Å²) in [6.07, 6.45) is 2.08. The maximum absolute atomic E-state index is 13.2. The number of thioether (sulfide) groups is 1. The van der Waals surface area contributed by atoms with Crippen molar-refractivity contribution in [3.8, 4) is 5.69 Å². The average Bonchev–Trinajstić information content (AvgIpc) is 3.61. The van der Waals surface area contributed by atoms with Crippen molar-refractivity contribution in [3.63, 3.8) is 0 Å². The number of esters is 1. The van der Waals surface area contributed by atoms with E-state index in [0.29, 0.717) is 52.8 Å². The number of ether oxygens (including phenoxy) is 1. The van der Waals surface area contributed by atoms with Crippen LogP contribution in [-0.2, 0) is 21.7 Å². The molecule has 1 amide bonds. The Labute approximate surface area is 250 Å². The normalized spacial score (nSPS) is 15.3. The summed E-state index contributed by atoms with van der Waals surface area (Å²) >= 11 is 15.4. The van der Waals surface area contributed by atoms with Crippen LogP contribution < -0.4 is 0 Å². The molecular formula is C28H27Cl2N5O3S2. The van der Waals surface area contributed by atoms with E-state index in [0.717, 1.165) is 34.9 Å². The minimum absolute atomic E-state index is 0.161. The number of benzene rings is 2. The zero-order chi connectivity index (χ0) is 28.1. The molecule has 4 aromatic rings. The SMILES string of the molecule is CCOC(=O)C1CCCN(C(=O)c2csc(CSc3nnc(Cc4ccccc4)n3-c3ccc(Cl)c(Cl)c3)n2)C1. The number of hydrogen-bond acceptors (Lipinski definition) is 8. The van der Waals surface area contributed by atoms with Gasteiger partial charge in [-0.3, -0.25) is 14.2 Å². The monoisotopic (exact) mass is 615 g/mol. The molecular weight excluding hydrogens is 589 g/mol. The van der Waals surface area contributed by atoms with Crippen LogP contribution in [0.25, 0.3) is 5.69 Å². The molecule has 1 aliphatic rings. The summed E-state index contributed by atoms with van der Waals surface area (Å²) in [7, 11) is 0. The molecule has 0 saturated carbocycles. The second-order valence-electron chi connectivity index (χ2n) is 9.25. The quantitative estimate of drug-likeness (QED) is 0.160. The third kappa shape index (κ3) is 6.68. The second-order valence-corrected chi connectivity index (χ2v) is 12.0. The first kappa shape index (κ1) is 28.6. The third-order valence-corrected chi connectivity index (χ3v) is 9.20. The van der Waals surface area contributed by atoms with Crippen LogP contribution in [0.1, 0.15) is 46.6 Å². The predicted octanol–water partition coefficient (Wildman–Crippen LogP) is 6.33. The highest BCUT2D eigenvalue weighted by Crippen LogP contribution is 2.31. The van der Waals surface area contributed by atoms with Gasteiger partial charge in [0.05, 0.1) is 34.0 Å². The van der Waals surface area contributed by atoms with Crippen molar-refractivity contribution in [3.05, 3.63) is 86.0 Å². The van der Waals surface area contributed by atoms with Gasteiger partial charge in [0, 0.05) is 24.9 Å². The van der Waals surface area contributed by atoms with Gasteiger partial charge in [-0.25, -0.2) is 4.98 Å². The smallest absolute Gasteiger partial charge is 0.310 e. The zero-order valence-electron chi connectivity index (χ0n) is 21.8. The molecule has 8 nitrogen and oxygen atoms in total. The molecule has 2 aromatic carbocycles. The van der Waals surface area contributed by atoms with Gasteiger partial charge in [0.1, 0.15) is 16.5 Å². The summed E-state index contributed by atoms with van der Waals surface area (Å²) in [5.41, 5.74) is 2.31. The van der Waals surface area contributed by atoms with Crippen molar-refractivity contribution in [1.82, 2.24) is 24.6 Å². The van der Waals surface area contributed by atoms with Crippen LogP contribution in [0.2, 0.25) is 10.0 Å². The van der Waals surface area contributed by atoms with E-state index >= 15 is 0 Å². The topological polar surface area (TPSA) is 90.2 Å². The first-order chi connectivity index (χ1) is 19.4. The number of carbonyl (C=O) groups is 2. The fourth-order valence-electron chi connectivity index (χ4n) is 4.55. The number of carbonyl (C=O) groups excluding carboxylic acids is 2. The van der Waals surface area contributed by atoms with Crippen molar-refractivity contribution in [2.45, 2.75) is 37.1 Å². The Kier molecular flexibility index (Phi) is 9.41. The fraction of sp³-hybridized carbons (Fsp3) is 0.321. The van der Waals surface area contributed by atoms with Crippen LogP contribution >= 0.6 is 46.3 Å². The Morgan fingerprint density at radius 1 is 1.12 bits per heavy atom. The first-order valence-electron chi connectivity index (χ1n) is 12.9. The van der Waals surface area contributed by atoms with Gasteiger partial charge in [-0.15, -0.1) is 21.5 Å². The molecule has 0 radical (unpaired) electrons. The number of amides is 1. The number of aromatic nitrogens is 4. The molecule has 40 heavy (non-hydrogen) atoms. The van der Waals surface area contributed by atoms with Crippen LogP contribution in [0.15, 0.2) is 59.1 Å². The summed E-state index contributed by atoms with van der Waals surface area (Å²) in [6.45, 7) is 3.09. The highest BCUT2D eigenvalue weighted by Gasteiger charge is 2.30. The maximum atomic E-state index is 13.2. The maximum Gasteiger partial charge on any atom is 0.310 e. The van der Waals surface area contributed by atoms with E-state index in [4.69, 9.17) is 27.9 Å². The third-order valence-electron chi connectivity index (χ3n) is 6.49. The first-order valence-corrected chi connectivity index (χ1v) is 15.5. The molecule has 1 fully saturated rings. The predicted molar refractivity (Wildman–Crippen MR) is 158 cm³/mol. The Bertz CT molecular complexity index is 1490. The number of hydrogen-bond donors (Lipinski definition) is 0. The van der Waals surface area contributed by atoms with Crippen LogP contribution in [0.5, 0.6) is 0 Å². The van der Waals surface area contributed by atoms with Crippen molar-refractivity contribution in [1.29, 1.82) is 0 Å². The van der Waals surface area contributed by atoms with Crippen LogP contribution in [0, 0.1) is 5.92 Å². The standard InChI is InChI=1S/C28H27Cl2N5O3S2/c1-2-38-27(37)19-9-6-12-34(15-19)26(36)23-16-39-25(31-23)17-40-28-33-32-24(13-18-7-4-3-5-8-18)35(28)20-10-11-21(29)22(30)14-20/h3-5,7-8,10-11,14,16,19H,2,6,9,12-13,15,17H2,1H3. The molecule has 12 heteroatoms. The Balaban J connectivity index is 1.31. The van der Waals surface area contributed by atoms with E-state index in [1.807, 2.05) is 41.0 Å². The lowest BCUT2D eigenvalue weighted by Gasteiger charge is -2.31. The Morgan fingerprint density at radius 3 is 2.73 bits per heavy atom. The molecule has 208 valence electrons. The molecule has 0 bridgehead atoms. The average molecular weight is 617 g/mol. The minimum atomic E-state index is -0.288. The molecule has 0 aliphatic carbocycles. The van der Waals surface area contributed by atoms with Crippen molar-refractivity contribution >= 4 is 58.2 Å². The lowest BCUT2D eigenvalue weighted by Crippen LogP contribution is -2.43. The summed E-state index contributed by atoms with van der Waals surface area (Å²) in [6, 6.07) is 15.5. The molecule has 2 aromatic heterocycles. The molecule has 1 atom stereocenters. The summed E-state index contributed by atoms with van der Waals surface area (Å²) in [5.74, 6) is 0.583. The second kappa shape index (κ2) is 13.2. The van der Waals surface area contributed by atoms with Crippen LogP contribution in [0.3, 0.4) is 0 Å². The summed E-state index contributed by atoms with van der Waals surface area (Å²) in [4.78, 5) is 31.6. The fourth-order valence-corrected chi connectivity index (χ4v) is 6.60. The zero-order valence-corrected chi connectivity index (χ0v) is 24.9. The highest BCUT2D eigenvalue weighted by molar-refractivity contribution is 7.98. The number of rotatable bonds is 9. The number of piperidine rings is 1. The number of nitrogens with zero attached hydrogens (tertiary/aromatic N) is 5. The molecule has 1 saturated heterocycles. The number of thiazole rings is 1. The molecule has 0 spiro atoms. The van der Waals surface area contributed by atoms with E-state index in [9.17, 15) is 9.59 Å². The van der Waals surface area contributed by atoms with E-state index in [-0.39, 0.29) is 17.8 Å². The minimum Gasteiger partial charge on any atom is -0.466 e. The van der Waals surface area contributed by atoms with Crippen LogP contribution in [0.4, 0.5) is 0 Å². The molecule has 0 N–H and O–H groups in total. The van der Waals surface area contributed by atoms with Gasteiger partial charge in [-0.2, -0.15) is 0 Å². The Morgan fingerprint density at radius 2 is 1.95 bits per heavy atom. The van der Waals surface area contributed by atoms with E-state index < -0.39 is 0 Å². The van der Waals surface area contributed by atoms with Gasteiger partial charge in [0.2, 0.25) is 0 Å². The van der Waals surface area contributed by atoms with Gasteiger partial charge < -0.3 is 9.64 Å². The van der Waals surface area contributed by atoms with Gasteiger partial charge in [-0.1, -0.05) is 65.3 Å². The van der Waals surface area contributed by atoms with Gasteiger partial charge in [0.25, 0.3) is 5.91 Å². The summed E-state index contributed by atoms with van der Waals surface area (Å²) in [5, 5.41) is 13.1.